The number of thiazole rings is 1. The van der Waals surface area contributed by atoms with E-state index in [-0.39, 0.29) is 0 Å². The highest BCUT2D eigenvalue weighted by Gasteiger charge is 2.16. The number of hydrogen-bond donors (Lipinski definition) is 1. The second-order valence-electron chi connectivity index (χ2n) is 5.72. The van der Waals surface area contributed by atoms with Crippen molar-refractivity contribution in [3.05, 3.63) is 29.3 Å². The van der Waals surface area contributed by atoms with Crippen LogP contribution < -0.4 is 5.32 Å². The van der Waals surface area contributed by atoms with Crippen LogP contribution in [0.2, 0.25) is 0 Å². The molecular weight excluding hydrogens is 298 g/mol. The van der Waals surface area contributed by atoms with Gasteiger partial charge >= 0.3 is 0 Å². The van der Waals surface area contributed by atoms with Gasteiger partial charge in [0.2, 0.25) is 0 Å². The zero-order valence-corrected chi connectivity index (χ0v) is 14.0. The molecule has 0 atom stereocenters. The Bertz CT molecular complexity index is 584. The minimum Gasteiger partial charge on any atom is -0.360 e. The van der Waals surface area contributed by atoms with Crippen LogP contribution in [0.15, 0.2) is 24.3 Å². The van der Waals surface area contributed by atoms with E-state index in [0.717, 1.165) is 22.2 Å². The molecule has 3 rings (SSSR count). The van der Waals surface area contributed by atoms with E-state index in [2.05, 4.69) is 33.4 Å². The maximum atomic E-state index is 5.53. The first-order valence-electron chi connectivity index (χ1n) is 7.58. The van der Waals surface area contributed by atoms with Crippen molar-refractivity contribution in [3.63, 3.8) is 0 Å². The summed E-state index contributed by atoms with van der Waals surface area (Å²) >= 11 is 7.28. The fourth-order valence-corrected chi connectivity index (χ4v) is 4.05. The van der Waals surface area contributed by atoms with Crippen LogP contribution in [0.25, 0.3) is 10.2 Å². The molecule has 0 bridgehead atoms. The minimum atomic E-state index is 0.559. The monoisotopic (exact) mass is 319 g/mol. The van der Waals surface area contributed by atoms with E-state index in [4.69, 9.17) is 12.2 Å². The molecule has 1 aliphatic carbocycles. The minimum absolute atomic E-state index is 0.559. The van der Waals surface area contributed by atoms with E-state index in [9.17, 15) is 0 Å². The summed E-state index contributed by atoms with van der Waals surface area (Å²) in [5.41, 5.74) is 1.08. The summed E-state index contributed by atoms with van der Waals surface area (Å²) < 4.78 is 1.24. The molecule has 5 heteroatoms. The first-order valence-corrected chi connectivity index (χ1v) is 8.81. The normalized spacial score (nSPS) is 16.0. The molecule has 0 unspecified atom stereocenters. The van der Waals surface area contributed by atoms with Crippen LogP contribution in [-0.2, 0) is 6.54 Å². The summed E-state index contributed by atoms with van der Waals surface area (Å²) in [4.78, 5) is 6.77. The smallest absolute Gasteiger partial charge is 0.169 e. The summed E-state index contributed by atoms with van der Waals surface area (Å²) in [6.07, 6.45) is 6.50. The van der Waals surface area contributed by atoms with Crippen molar-refractivity contribution in [2.75, 3.05) is 7.05 Å². The zero-order valence-electron chi connectivity index (χ0n) is 12.3. The summed E-state index contributed by atoms with van der Waals surface area (Å²) in [6.45, 7) is 0.776. The van der Waals surface area contributed by atoms with Gasteiger partial charge in [-0.1, -0.05) is 31.4 Å². The highest BCUT2D eigenvalue weighted by molar-refractivity contribution is 7.80. The largest absolute Gasteiger partial charge is 0.360 e. The second-order valence-corrected chi connectivity index (χ2v) is 7.22. The topological polar surface area (TPSA) is 28.2 Å². The van der Waals surface area contributed by atoms with Crippen LogP contribution in [-0.4, -0.2) is 28.1 Å². The molecule has 3 nitrogen and oxygen atoms in total. The molecular formula is C16H21N3S2. The van der Waals surface area contributed by atoms with Gasteiger partial charge in [0.1, 0.15) is 5.01 Å². The lowest BCUT2D eigenvalue weighted by Gasteiger charge is -2.28. The van der Waals surface area contributed by atoms with Gasteiger partial charge in [0.05, 0.1) is 16.8 Å². The molecule has 1 heterocycles. The maximum Gasteiger partial charge on any atom is 0.169 e. The van der Waals surface area contributed by atoms with E-state index in [0.29, 0.717) is 6.04 Å². The Morgan fingerprint density at radius 3 is 2.86 bits per heavy atom. The summed E-state index contributed by atoms with van der Waals surface area (Å²) in [5, 5.41) is 5.47. The number of para-hydroxylation sites is 1. The van der Waals surface area contributed by atoms with E-state index in [1.54, 1.807) is 11.3 Å². The van der Waals surface area contributed by atoms with E-state index < -0.39 is 0 Å². The van der Waals surface area contributed by atoms with Crippen LogP contribution in [0.4, 0.5) is 0 Å². The fourth-order valence-electron chi connectivity index (χ4n) is 2.79. The van der Waals surface area contributed by atoms with Crippen LogP contribution in [0.5, 0.6) is 0 Å². The zero-order chi connectivity index (χ0) is 14.7. The van der Waals surface area contributed by atoms with E-state index in [1.165, 1.54) is 36.8 Å². The van der Waals surface area contributed by atoms with Crippen LogP contribution in [0.1, 0.15) is 37.1 Å². The van der Waals surface area contributed by atoms with Crippen molar-refractivity contribution >= 4 is 38.9 Å². The molecule has 1 saturated carbocycles. The van der Waals surface area contributed by atoms with Crippen molar-refractivity contribution < 1.29 is 0 Å². The van der Waals surface area contributed by atoms with Gasteiger partial charge in [0, 0.05) is 13.1 Å². The molecule has 2 aromatic rings. The number of hydrogen-bond acceptors (Lipinski definition) is 3. The van der Waals surface area contributed by atoms with Gasteiger partial charge in [-0.15, -0.1) is 11.3 Å². The highest BCUT2D eigenvalue weighted by atomic mass is 32.1. The molecule has 1 N–H and O–H groups in total. The second kappa shape index (κ2) is 6.71. The molecule has 0 saturated heterocycles. The SMILES string of the molecule is CN(Cc1nc2ccccc2s1)C(=S)NC1CCCCC1. The number of fused-ring (bicyclic) bond motifs is 1. The molecule has 0 amide bonds. The van der Waals surface area contributed by atoms with Crippen molar-refractivity contribution in [3.8, 4) is 0 Å². The Morgan fingerprint density at radius 2 is 2.10 bits per heavy atom. The quantitative estimate of drug-likeness (QED) is 0.868. The van der Waals surface area contributed by atoms with Crippen molar-refractivity contribution in [2.24, 2.45) is 0 Å². The van der Waals surface area contributed by atoms with Gasteiger partial charge in [0.15, 0.2) is 5.11 Å². The molecule has 112 valence electrons. The van der Waals surface area contributed by atoms with Gasteiger partial charge in [-0.25, -0.2) is 4.98 Å². The standard InChI is InChI=1S/C16H21N3S2/c1-19(16(20)17-12-7-3-2-4-8-12)11-15-18-13-9-5-6-10-14(13)21-15/h5-6,9-10,12H,2-4,7-8,11H2,1H3,(H,17,20). The molecule has 1 aliphatic rings. The molecule has 1 aromatic heterocycles. The van der Waals surface area contributed by atoms with Gasteiger partial charge < -0.3 is 10.2 Å². The van der Waals surface area contributed by atoms with Gasteiger partial charge in [-0.3, -0.25) is 0 Å². The predicted molar refractivity (Wildman–Crippen MR) is 93.7 cm³/mol. The van der Waals surface area contributed by atoms with Crippen LogP contribution >= 0.6 is 23.6 Å². The summed E-state index contributed by atoms with van der Waals surface area (Å²) in [6, 6.07) is 8.83. The van der Waals surface area contributed by atoms with Gasteiger partial charge in [-0.05, 0) is 37.2 Å². The third kappa shape index (κ3) is 3.71. The molecule has 1 aromatic carbocycles. The lowest BCUT2D eigenvalue weighted by atomic mass is 9.96. The van der Waals surface area contributed by atoms with Gasteiger partial charge in [0.25, 0.3) is 0 Å². The third-order valence-electron chi connectivity index (χ3n) is 3.99. The first kappa shape index (κ1) is 14.7. The molecule has 0 aliphatic heterocycles. The predicted octanol–water partition coefficient (Wildman–Crippen LogP) is 3.94. The van der Waals surface area contributed by atoms with Crippen LogP contribution in [0.3, 0.4) is 0 Å². The molecule has 0 radical (unpaired) electrons. The molecule has 21 heavy (non-hydrogen) atoms. The Hall–Kier alpha value is -1.20. The number of benzene rings is 1. The first-order chi connectivity index (χ1) is 10.2. The van der Waals surface area contributed by atoms with Crippen molar-refractivity contribution in [1.82, 2.24) is 15.2 Å². The Morgan fingerprint density at radius 1 is 1.33 bits per heavy atom. The average molecular weight is 319 g/mol. The van der Waals surface area contributed by atoms with E-state index in [1.807, 2.05) is 13.1 Å². The maximum absolute atomic E-state index is 5.53. The summed E-state index contributed by atoms with van der Waals surface area (Å²) in [5.74, 6) is 0. The molecule has 1 fully saturated rings. The Balaban J connectivity index is 1.59. The number of nitrogens with one attached hydrogen (secondary N) is 1. The molecule has 0 spiro atoms. The fraction of sp³-hybridized carbons (Fsp3) is 0.500. The number of nitrogens with zero attached hydrogens (tertiary/aromatic N) is 2. The van der Waals surface area contributed by atoms with Crippen molar-refractivity contribution in [2.45, 2.75) is 44.7 Å². The number of thiocarbonyl (C=S) groups is 1. The summed E-state index contributed by atoms with van der Waals surface area (Å²) in [7, 11) is 2.05. The number of rotatable bonds is 3. The van der Waals surface area contributed by atoms with E-state index >= 15 is 0 Å². The third-order valence-corrected chi connectivity index (χ3v) is 5.44. The highest BCUT2D eigenvalue weighted by Crippen LogP contribution is 2.22. The average Bonchev–Trinajstić information content (AvgIpc) is 2.90. The Labute approximate surface area is 135 Å². The Kier molecular flexibility index (Phi) is 4.70. The number of aromatic nitrogens is 1. The lowest BCUT2D eigenvalue weighted by Crippen LogP contribution is -2.43. The van der Waals surface area contributed by atoms with Crippen molar-refractivity contribution in [1.29, 1.82) is 0 Å². The van der Waals surface area contributed by atoms with Crippen LogP contribution in [0, 0.1) is 0 Å². The lowest BCUT2D eigenvalue weighted by molar-refractivity contribution is 0.392. The van der Waals surface area contributed by atoms with Gasteiger partial charge in [-0.2, -0.15) is 0 Å².